The first-order valence-electron chi connectivity index (χ1n) is 19.2. The van der Waals surface area contributed by atoms with Crippen molar-refractivity contribution in [2.75, 3.05) is 6.61 Å². The second-order valence-electron chi connectivity index (χ2n) is 13.2. The number of rotatable bonds is 36. The van der Waals surface area contributed by atoms with Crippen LogP contribution in [0, 0.1) is 6.92 Å². The molecule has 0 amide bonds. The minimum absolute atomic E-state index is 0.242. The second kappa shape index (κ2) is 35.8. The third-order valence-corrected chi connectivity index (χ3v) is 8.96. The van der Waals surface area contributed by atoms with E-state index in [9.17, 15) is 4.79 Å². The summed E-state index contributed by atoms with van der Waals surface area (Å²) in [7, 11) is 0. The van der Waals surface area contributed by atoms with Gasteiger partial charge in [0.15, 0.2) is 0 Å². The molecule has 2 nitrogen and oxygen atoms in total. The van der Waals surface area contributed by atoms with Crippen molar-refractivity contribution in [2.45, 2.75) is 232 Å². The van der Waals surface area contributed by atoms with Crippen molar-refractivity contribution in [1.82, 2.24) is 0 Å². The molecule has 1 radical (unpaired) electrons. The predicted molar refractivity (Wildman–Crippen MR) is 184 cm³/mol. The molecule has 0 aromatic heterocycles. The number of ketones is 1. The summed E-state index contributed by atoms with van der Waals surface area (Å²) in [5.41, 5.74) is 0. The SMILES string of the molecule is [CH2]CC(CCCC(=O)CCCCCCCCCCCCCCCC)OCCCCCCCCCCCCCCCC. The van der Waals surface area contributed by atoms with Crippen LogP contribution in [0.2, 0.25) is 0 Å². The lowest BCUT2D eigenvalue weighted by molar-refractivity contribution is -0.119. The monoisotopic (exact) mass is 578 g/mol. The summed E-state index contributed by atoms with van der Waals surface area (Å²) in [4.78, 5) is 12.3. The molecule has 2 heteroatoms. The predicted octanol–water partition coefficient (Wildman–Crippen LogP) is 13.7. The molecule has 0 fully saturated rings. The zero-order valence-electron chi connectivity index (χ0n) is 28.6. The molecule has 0 N–H and O–H groups in total. The average molecular weight is 578 g/mol. The van der Waals surface area contributed by atoms with Gasteiger partial charge in [-0.15, -0.1) is 0 Å². The smallest absolute Gasteiger partial charge is 0.132 e. The number of unbranched alkanes of at least 4 members (excludes halogenated alkanes) is 26. The number of hydrogen-bond acceptors (Lipinski definition) is 2. The molecule has 245 valence electrons. The number of ether oxygens (including phenoxy) is 1. The molecule has 0 aliphatic heterocycles. The topological polar surface area (TPSA) is 26.3 Å². The van der Waals surface area contributed by atoms with Crippen molar-refractivity contribution in [2.24, 2.45) is 0 Å². The van der Waals surface area contributed by atoms with Gasteiger partial charge in [0.25, 0.3) is 0 Å². The summed E-state index contributed by atoms with van der Waals surface area (Å²) in [6.07, 6.45) is 43.1. The van der Waals surface area contributed by atoms with Crippen LogP contribution in [0.1, 0.15) is 226 Å². The van der Waals surface area contributed by atoms with Crippen LogP contribution in [0.15, 0.2) is 0 Å². The van der Waals surface area contributed by atoms with E-state index < -0.39 is 0 Å². The molecule has 0 aliphatic rings. The Labute approximate surface area is 260 Å². The molecule has 1 unspecified atom stereocenters. The summed E-state index contributed by atoms with van der Waals surface area (Å²) in [5, 5.41) is 0. The quantitative estimate of drug-likeness (QED) is 0.0692. The molecular formula is C39H77O2. The first-order chi connectivity index (χ1) is 20.2. The Balaban J connectivity index is 3.37. The molecule has 0 heterocycles. The van der Waals surface area contributed by atoms with Crippen LogP contribution in [0.3, 0.4) is 0 Å². The van der Waals surface area contributed by atoms with Crippen LogP contribution in [-0.4, -0.2) is 18.5 Å². The van der Waals surface area contributed by atoms with Gasteiger partial charge in [0.1, 0.15) is 5.78 Å². The summed E-state index contributed by atoms with van der Waals surface area (Å²) < 4.78 is 6.09. The van der Waals surface area contributed by atoms with E-state index in [1.54, 1.807) is 0 Å². The van der Waals surface area contributed by atoms with E-state index in [0.29, 0.717) is 5.78 Å². The van der Waals surface area contributed by atoms with Gasteiger partial charge in [-0.25, -0.2) is 0 Å². The molecule has 0 saturated heterocycles. The minimum Gasteiger partial charge on any atom is -0.378 e. The van der Waals surface area contributed by atoms with Crippen molar-refractivity contribution in [1.29, 1.82) is 0 Å². The van der Waals surface area contributed by atoms with Gasteiger partial charge < -0.3 is 4.74 Å². The van der Waals surface area contributed by atoms with Gasteiger partial charge in [-0.2, -0.15) is 0 Å². The fourth-order valence-corrected chi connectivity index (χ4v) is 6.03. The minimum atomic E-state index is 0.242. The molecule has 0 aliphatic carbocycles. The Morgan fingerprint density at radius 3 is 1.15 bits per heavy atom. The van der Waals surface area contributed by atoms with Crippen molar-refractivity contribution in [3.63, 3.8) is 0 Å². The second-order valence-corrected chi connectivity index (χ2v) is 13.2. The molecule has 0 aromatic carbocycles. The van der Waals surface area contributed by atoms with Crippen LogP contribution in [-0.2, 0) is 9.53 Å². The highest BCUT2D eigenvalue weighted by atomic mass is 16.5. The highest BCUT2D eigenvalue weighted by molar-refractivity contribution is 5.78. The van der Waals surface area contributed by atoms with E-state index in [2.05, 4.69) is 20.8 Å². The summed E-state index contributed by atoms with van der Waals surface area (Å²) in [6, 6.07) is 0. The molecule has 0 rings (SSSR count). The lowest BCUT2D eigenvalue weighted by Crippen LogP contribution is -2.13. The summed E-state index contributed by atoms with van der Waals surface area (Å²) in [5.74, 6) is 0.457. The highest BCUT2D eigenvalue weighted by Crippen LogP contribution is 2.16. The largest absolute Gasteiger partial charge is 0.378 e. The number of hydrogen-bond donors (Lipinski definition) is 0. The zero-order chi connectivity index (χ0) is 29.9. The molecule has 1 atom stereocenters. The number of Topliss-reactive ketones (excluding diaryl/α,β-unsaturated/α-hetero) is 1. The zero-order valence-corrected chi connectivity index (χ0v) is 28.6. The maximum atomic E-state index is 12.3. The highest BCUT2D eigenvalue weighted by Gasteiger charge is 2.09. The molecule has 0 bridgehead atoms. The van der Waals surface area contributed by atoms with Crippen LogP contribution in [0.4, 0.5) is 0 Å². The molecule has 0 saturated carbocycles. The first kappa shape index (κ1) is 40.6. The normalized spacial score (nSPS) is 12.3. The van der Waals surface area contributed by atoms with E-state index in [4.69, 9.17) is 4.74 Å². The van der Waals surface area contributed by atoms with Crippen molar-refractivity contribution in [3.8, 4) is 0 Å². The van der Waals surface area contributed by atoms with E-state index in [0.717, 1.165) is 45.1 Å². The average Bonchev–Trinajstić information content (AvgIpc) is 2.98. The molecule has 0 aromatic rings. The van der Waals surface area contributed by atoms with Gasteiger partial charge in [-0.05, 0) is 32.1 Å². The number of carbonyl (C=O) groups is 1. The Kier molecular flexibility index (Phi) is 35.5. The maximum absolute atomic E-state index is 12.3. The maximum Gasteiger partial charge on any atom is 0.132 e. The Hall–Kier alpha value is -0.370. The lowest BCUT2D eigenvalue weighted by Gasteiger charge is -2.16. The Morgan fingerprint density at radius 1 is 0.463 bits per heavy atom. The van der Waals surface area contributed by atoms with Crippen molar-refractivity contribution < 1.29 is 9.53 Å². The van der Waals surface area contributed by atoms with E-state index in [-0.39, 0.29) is 6.10 Å². The van der Waals surface area contributed by atoms with Crippen molar-refractivity contribution in [3.05, 3.63) is 6.92 Å². The van der Waals surface area contributed by atoms with E-state index in [1.165, 1.54) is 173 Å². The van der Waals surface area contributed by atoms with Crippen molar-refractivity contribution >= 4 is 5.78 Å². The fourth-order valence-electron chi connectivity index (χ4n) is 6.03. The number of carbonyl (C=O) groups excluding carboxylic acids is 1. The van der Waals surface area contributed by atoms with Crippen LogP contribution < -0.4 is 0 Å². The fraction of sp³-hybridized carbons (Fsp3) is 0.949. The van der Waals surface area contributed by atoms with Crippen LogP contribution in [0.25, 0.3) is 0 Å². The Morgan fingerprint density at radius 2 is 0.780 bits per heavy atom. The molecular weight excluding hydrogens is 500 g/mol. The summed E-state index contributed by atoms with van der Waals surface area (Å²) in [6.45, 7) is 9.53. The lowest BCUT2D eigenvalue weighted by atomic mass is 10.0. The third kappa shape index (κ3) is 34.0. The molecule has 41 heavy (non-hydrogen) atoms. The molecule has 0 spiro atoms. The van der Waals surface area contributed by atoms with Gasteiger partial charge in [0, 0.05) is 19.4 Å². The van der Waals surface area contributed by atoms with Crippen LogP contribution in [0.5, 0.6) is 0 Å². The van der Waals surface area contributed by atoms with Gasteiger partial charge in [0.2, 0.25) is 0 Å². The standard InChI is InChI=1S/C39H77O2/c1-4-7-9-11-13-15-17-19-21-23-25-27-29-31-34-38(40)35-33-36-39(6-3)41-37-32-30-28-26-24-22-20-18-16-14-12-10-8-5-2/h39H,3-37H2,1-2H3. The first-order valence-corrected chi connectivity index (χ1v) is 19.2. The summed E-state index contributed by atoms with van der Waals surface area (Å²) >= 11 is 0. The van der Waals surface area contributed by atoms with Gasteiger partial charge in [0.05, 0.1) is 6.10 Å². The van der Waals surface area contributed by atoms with Gasteiger partial charge >= 0.3 is 0 Å². The van der Waals surface area contributed by atoms with Crippen LogP contribution >= 0.6 is 0 Å². The van der Waals surface area contributed by atoms with E-state index in [1.807, 2.05) is 0 Å². The third-order valence-electron chi connectivity index (χ3n) is 8.96. The Bertz CT molecular complexity index is 488. The van der Waals surface area contributed by atoms with E-state index >= 15 is 0 Å². The van der Waals surface area contributed by atoms with Gasteiger partial charge in [-0.3, -0.25) is 4.79 Å². The van der Waals surface area contributed by atoms with Gasteiger partial charge in [-0.1, -0.05) is 188 Å².